The summed E-state index contributed by atoms with van der Waals surface area (Å²) in [6.45, 7) is 5.39. The first-order valence-corrected chi connectivity index (χ1v) is 11.9. The van der Waals surface area contributed by atoms with Crippen LogP contribution in [0.2, 0.25) is 0 Å². The smallest absolute Gasteiger partial charge is 0.298 e. The van der Waals surface area contributed by atoms with Gasteiger partial charge in [-0.05, 0) is 37.8 Å². The van der Waals surface area contributed by atoms with Crippen LogP contribution in [-0.4, -0.2) is 36.4 Å². The molecule has 0 unspecified atom stereocenters. The molecule has 10 heteroatoms. The number of H-pyrrole nitrogens is 2. The van der Waals surface area contributed by atoms with Gasteiger partial charge in [0.2, 0.25) is 5.95 Å². The van der Waals surface area contributed by atoms with Crippen molar-refractivity contribution in [3.8, 4) is 16.5 Å². The number of anilines is 1. The molecule has 1 amide bonds. The predicted molar refractivity (Wildman–Crippen MR) is 135 cm³/mol. The molecule has 0 saturated carbocycles. The number of ketones is 1. The van der Waals surface area contributed by atoms with Crippen molar-refractivity contribution in [2.75, 3.05) is 5.32 Å². The lowest BCUT2D eigenvalue weighted by molar-refractivity contribution is -0.112. The number of benzene rings is 1. The molecule has 0 fully saturated rings. The van der Waals surface area contributed by atoms with Gasteiger partial charge in [0.05, 0.1) is 10.4 Å². The number of hydrogen-bond donors (Lipinski definition) is 3. The number of fused-ring (bicyclic) bond motifs is 1. The topological polar surface area (TPSA) is 126 Å². The summed E-state index contributed by atoms with van der Waals surface area (Å²) in [5.74, 6) is -1.13. The fourth-order valence-corrected chi connectivity index (χ4v) is 4.83. The van der Waals surface area contributed by atoms with Crippen LogP contribution in [0, 0.1) is 13.8 Å². The molecular formula is C25H22N6O3S. The maximum atomic E-state index is 13.2. The van der Waals surface area contributed by atoms with E-state index in [9.17, 15) is 14.4 Å². The van der Waals surface area contributed by atoms with Gasteiger partial charge in [-0.3, -0.25) is 19.4 Å². The average Bonchev–Trinajstić information content (AvgIpc) is 3.56. The van der Waals surface area contributed by atoms with Crippen molar-refractivity contribution in [2.45, 2.75) is 27.2 Å². The number of hydrogen-bond acceptors (Lipinski definition) is 6. The quantitative estimate of drug-likeness (QED) is 0.245. The maximum absolute atomic E-state index is 13.2. The number of aryl methyl sites for hydroxylation is 2. The zero-order chi connectivity index (χ0) is 24.7. The number of nitrogens with zero attached hydrogens (tertiary/aromatic N) is 3. The van der Waals surface area contributed by atoms with Crippen LogP contribution in [-0.2, 0) is 11.2 Å². The summed E-state index contributed by atoms with van der Waals surface area (Å²) in [6, 6.07) is 12.8. The molecule has 0 atom stereocenters. The van der Waals surface area contributed by atoms with Crippen LogP contribution in [0.5, 0.6) is 0 Å². The molecular weight excluding hydrogens is 464 g/mol. The van der Waals surface area contributed by atoms with Gasteiger partial charge in [-0.25, -0.2) is 4.98 Å². The van der Waals surface area contributed by atoms with E-state index in [1.165, 1.54) is 16.0 Å². The molecule has 3 N–H and O–H groups in total. The van der Waals surface area contributed by atoms with Crippen LogP contribution in [0.25, 0.3) is 27.4 Å². The third-order valence-electron chi connectivity index (χ3n) is 5.82. The highest BCUT2D eigenvalue weighted by Crippen LogP contribution is 2.28. The lowest BCUT2D eigenvalue weighted by atomic mass is 10.1. The molecule has 0 aliphatic heterocycles. The molecule has 0 aliphatic carbocycles. The number of aromatic amines is 2. The Labute approximate surface area is 203 Å². The van der Waals surface area contributed by atoms with E-state index in [-0.39, 0.29) is 17.3 Å². The molecule has 0 aliphatic rings. The zero-order valence-electron chi connectivity index (χ0n) is 19.3. The minimum absolute atomic E-state index is 0.151. The summed E-state index contributed by atoms with van der Waals surface area (Å²) in [6.07, 6.45) is 0.538. The summed E-state index contributed by atoms with van der Waals surface area (Å²) in [4.78, 5) is 50.1. The van der Waals surface area contributed by atoms with E-state index in [4.69, 9.17) is 0 Å². The summed E-state index contributed by atoms with van der Waals surface area (Å²) < 4.78 is 1.34. The molecule has 0 saturated heterocycles. The van der Waals surface area contributed by atoms with Gasteiger partial charge in [0.25, 0.3) is 17.2 Å². The standard InChI is InChI=1S/C25H22N6O3S/c1-4-15-13(2)27-25(29-23(15)33)31-20(12-18(30-31)19-10-7-11-35-19)28-24(34)22(32)21-14(3)26-17-9-6-5-8-16(17)21/h5-12,26H,4H2,1-3H3,(H,28,34)(H,27,29,33). The van der Waals surface area contributed by atoms with Crippen LogP contribution in [0.3, 0.4) is 0 Å². The second-order valence-corrected chi connectivity index (χ2v) is 9.01. The Morgan fingerprint density at radius 3 is 2.63 bits per heavy atom. The molecule has 0 radical (unpaired) electrons. The summed E-state index contributed by atoms with van der Waals surface area (Å²) >= 11 is 1.48. The average molecular weight is 487 g/mol. The Morgan fingerprint density at radius 2 is 1.91 bits per heavy atom. The van der Waals surface area contributed by atoms with Crippen molar-refractivity contribution >= 4 is 39.7 Å². The number of carbonyl (C=O) groups is 2. The third-order valence-corrected chi connectivity index (χ3v) is 6.71. The molecule has 9 nitrogen and oxygen atoms in total. The van der Waals surface area contributed by atoms with Crippen molar-refractivity contribution in [1.82, 2.24) is 24.7 Å². The number of carbonyl (C=O) groups excluding carboxylic acids is 2. The lowest BCUT2D eigenvalue weighted by Gasteiger charge is -2.09. The summed E-state index contributed by atoms with van der Waals surface area (Å²) in [5.41, 5.74) is 3.15. The van der Waals surface area contributed by atoms with E-state index in [0.717, 1.165) is 10.4 Å². The van der Waals surface area contributed by atoms with E-state index < -0.39 is 11.7 Å². The third kappa shape index (κ3) is 3.97. The number of aromatic nitrogens is 5. The Bertz CT molecular complexity index is 1640. The van der Waals surface area contributed by atoms with Crippen molar-refractivity contribution in [1.29, 1.82) is 0 Å². The fraction of sp³-hybridized carbons (Fsp3) is 0.160. The van der Waals surface area contributed by atoms with E-state index in [1.807, 2.05) is 42.6 Å². The molecule has 5 rings (SSSR count). The number of rotatable bonds is 6. The van der Waals surface area contributed by atoms with Gasteiger partial charge in [-0.2, -0.15) is 9.78 Å². The molecule has 1 aromatic carbocycles. The zero-order valence-corrected chi connectivity index (χ0v) is 20.1. The molecule has 35 heavy (non-hydrogen) atoms. The minimum Gasteiger partial charge on any atom is -0.358 e. The van der Waals surface area contributed by atoms with E-state index in [2.05, 4.69) is 25.4 Å². The Balaban J connectivity index is 1.56. The first-order valence-electron chi connectivity index (χ1n) is 11.0. The SMILES string of the molecule is CCc1c(C)nc(-n2nc(-c3cccs3)cc2NC(=O)C(=O)c2c(C)[nH]c3ccccc23)[nH]c1=O. The molecule has 4 aromatic heterocycles. The molecule has 0 spiro atoms. The monoisotopic (exact) mass is 486 g/mol. The Morgan fingerprint density at radius 1 is 1.11 bits per heavy atom. The largest absolute Gasteiger partial charge is 0.358 e. The predicted octanol–water partition coefficient (Wildman–Crippen LogP) is 4.17. The van der Waals surface area contributed by atoms with Gasteiger partial charge in [0.1, 0.15) is 11.5 Å². The minimum atomic E-state index is -0.819. The second-order valence-electron chi connectivity index (χ2n) is 8.06. The molecule has 4 heterocycles. The first kappa shape index (κ1) is 22.5. The van der Waals surface area contributed by atoms with Gasteiger partial charge in [-0.1, -0.05) is 31.2 Å². The van der Waals surface area contributed by atoms with E-state index in [1.54, 1.807) is 26.0 Å². The normalized spacial score (nSPS) is 11.2. The summed E-state index contributed by atoms with van der Waals surface area (Å²) in [7, 11) is 0. The molecule has 5 aromatic rings. The Kier molecular flexibility index (Phi) is 5.65. The number of Topliss-reactive ketones (excluding diaryl/α,β-unsaturated/α-hetero) is 1. The van der Waals surface area contributed by atoms with Crippen LogP contribution in [0.15, 0.2) is 52.6 Å². The van der Waals surface area contributed by atoms with Gasteiger partial charge >= 0.3 is 0 Å². The van der Waals surface area contributed by atoms with Gasteiger partial charge in [-0.15, -0.1) is 11.3 Å². The van der Waals surface area contributed by atoms with Crippen molar-refractivity contribution in [3.05, 3.63) is 80.7 Å². The highest BCUT2D eigenvalue weighted by Gasteiger charge is 2.25. The van der Waals surface area contributed by atoms with Gasteiger partial charge in [0.15, 0.2) is 0 Å². The number of para-hydroxylation sites is 1. The van der Waals surface area contributed by atoms with Crippen LogP contribution >= 0.6 is 11.3 Å². The molecule has 176 valence electrons. The van der Waals surface area contributed by atoms with Gasteiger partial charge in [0, 0.05) is 33.9 Å². The maximum Gasteiger partial charge on any atom is 0.298 e. The van der Waals surface area contributed by atoms with Crippen LogP contribution in [0.1, 0.15) is 34.2 Å². The number of thiophene rings is 1. The van der Waals surface area contributed by atoms with Crippen LogP contribution in [0.4, 0.5) is 5.82 Å². The van der Waals surface area contributed by atoms with Crippen molar-refractivity contribution in [2.24, 2.45) is 0 Å². The second kappa shape index (κ2) is 8.80. The summed E-state index contributed by atoms with van der Waals surface area (Å²) in [5, 5.41) is 9.83. The highest BCUT2D eigenvalue weighted by molar-refractivity contribution is 7.13. The van der Waals surface area contributed by atoms with Crippen LogP contribution < -0.4 is 10.9 Å². The Hall–Kier alpha value is -4.31. The van der Waals surface area contributed by atoms with E-state index >= 15 is 0 Å². The number of nitrogens with one attached hydrogen (secondary N) is 3. The highest BCUT2D eigenvalue weighted by atomic mass is 32.1. The van der Waals surface area contributed by atoms with Crippen molar-refractivity contribution < 1.29 is 9.59 Å². The van der Waals surface area contributed by atoms with E-state index in [0.29, 0.717) is 40.0 Å². The fourth-order valence-electron chi connectivity index (χ4n) is 4.14. The van der Waals surface area contributed by atoms with Crippen molar-refractivity contribution in [3.63, 3.8) is 0 Å². The molecule has 0 bridgehead atoms. The van der Waals surface area contributed by atoms with Gasteiger partial charge < -0.3 is 10.3 Å². The lowest BCUT2D eigenvalue weighted by Crippen LogP contribution is -2.26. The number of amides is 1. The first-order chi connectivity index (χ1) is 16.9.